The molecular formula is C21H27N5O2S. The van der Waals surface area contributed by atoms with Gasteiger partial charge in [0.25, 0.3) is 0 Å². The summed E-state index contributed by atoms with van der Waals surface area (Å²) in [7, 11) is 0. The number of allylic oxidation sites excluding steroid dienone is 1. The Kier molecular flexibility index (Phi) is 6.58. The Morgan fingerprint density at radius 2 is 1.72 bits per heavy atom. The maximum atomic E-state index is 12.9. The minimum absolute atomic E-state index is 0.0129. The lowest BCUT2D eigenvalue weighted by molar-refractivity contribution is 0.178. The van der Waals surface area contributed by atoms with E-state index in [0.29, 0.717) is 36.6 Å². The van der Waals surface area contributed by atoms with E-state index < -0.39 is 11.4 Å². The van der Waals surface area contributed by atoms with E-state index in [1.54, 1.807) is 30.3 Å². The molecule has 1 fully saturated rings. The molecule has 1 saturated heterocycles. The summed E-state index contributed by atoms with van der Waals surface area (Å²) in [5, 5.41) is 10.0. The van der Waals surface area contributed by atoms with Crippen LogP contribution in [0.25, 0.3) is 5.70 Å². The summed E-state index contributed by atoms with van der Waals surface area (Å²) < 4.78 is 14.9. The van der Waals surface area contributed by atoms with Crippen molar-refractivity contribution in [2.24, 2.45) is 17.2 Å². The van der Waals surface area contributed by atoms with Gasteiger partial charge in [-0.05, 0) is 37.3 Å². The monoisotopic (exact) mass is 413 g/mol. The zero-order valence-electron chi connectivity index (χ0n) is 16.4. The summed E-state index contributed by atoms with van der Waals surface area (Å²) in [5.74, 6) is 0.237. The van der Waals surface area contributed by atoms with E-state index in [0.717, 1.165) is 4.90 Å². The third-order valence-electron chi connectivity index (χ3n) is 4.87. The Morgan fingerprint density at radius 3 is 2.34 bits per heavy atom. The molecule has 8 heteroatoms. The zero-order chi connectivity index (χ0) is 21.0. The van der Waals surface area contributed by atoms with Crippen molar-refractivity contribution in [3.63, 3.8) is 0 Å². The number of nitrogens with two attached hydrogens (primary N) is 3. The lowest BCUT2D eigenvalue weighted by atomic mass is 10.1. The molecule has 0 radical (unpaired) electrons. The molecule has 1 heterocycles. The van der Waals surface area contributed by atoms with Crippen molar-refractivity contribution < 1.29 is 9.66 Å². The molecule has 1 aliphatic heterocycles. The van der Waals surface area contributed by atoms with Crippen LogP contribution < -0.4 is 17.2 Å². The summed E-state index contributed by atoms with van der Waals surface area (Å²) in [5.41, 5.74) is 19.6. The number of phenols is 1. The second-order valence-corrected chi connectivity index (χ2v) is 8.39. The van der Waals surface area contributed by atoms with E-state index in [9.17, 15) is 9.66 Å². The molecule has 3 rings (SSSR count). The Morgan fingerprint density at radius 1 is 1.07 bits per heavy atom. The van der Waals surface area contributed by atoms with Gasteiger partial charge >= 0.3 is 0 Å². The third kappa shape index (κ3) is 4.79. The molecule has 0 amide bonds. The number of piperazine rings is 1. The molecule has 1 aliphatic rings. The molecule has 2 unspecified atom stereocenters. The van der Waals surface area contributed by atoms with Gasteiger partial charge in [0.15, 0.2) is 4.90 Å². The van der Waals surface area contributed by atoms with Crippen molar-refractivity contribution in [1.82, 2.24) is 9.21 Å². The Labute approximate surface area is 174 Å². The van der Waals surface area contributed by atoms with Crippen molar-refractivity contribution in [3.05, 3.63) is 77.8 Å². The third-order valence-corrected chi connectivity index (χ3v) is 6.51. The molecule has 2 aromatic rings. The van der Waals surface area contributed by atoms with E-state index in [4.69, 9.17) is 17.2 Å². The highest BCUT2D eigenvalue weighted by Gasteiger charge is 2.34. The van der Waals surface area contributed by atoms with Crippen LogP contribution in [-0.2, 0) is 11.4 Å². The quantitative estimate of drug-likeness (QED) is 0.432. The molecule has 0 aromatic heterocycles. The van der Waals surface area contributed by atoms with Crippen LogP contribution in [0, 0.1) is 0 Å². The second-order valence-electron chi connectivity index (χ2n) is 6.96. The predicted molar refractivity (Wildman–Crippen MR) is 116 cm³/mol. The first-order valence-corrected chi connectivity index (χ1v) is 10.5. The first kappa shape index (κ1) is 20.9. The van der Waals surface area contributed by atoms with Crippen LogP contribution in [0.3, 0.4) is 0 Å². The van der Waals surface area contributed by atoms with Crippen LogP contribution in [0.15, 0.2) is 77.1 Å². The van der Waals surface area contributed by atoms with Gasteiger partial charge in [0.2, 0.25) is 0 Å². The topological polar surface area (TPSA) is 128 Å². The van der Waals surface area contributed by atoms with E-state index in [1.165, 1.54) is 0 Å². The number of hydrogen-bond donors (Lipinski definition) is 4. The molecule has 154 valence electrons. The fourth-order valence-corrected chi connectivity index (χ4v) is 4.68. The molecule has 7 nitrogen and oxygen atoms in total. The molecule has 0 aliphatic carbocycles. The van der Waals surface area contributed by atoms with Gasteiger partial charge in [-0.15, -0.1) is 4.31 Å². The van der Waals surface area contributed by atoms with Gasteiger partial charge in [-0.3, -0.25) is 0 Å². The van der Waals surface area contributed by atoms with Gasteiger partial charge in [-0.25, -0.2) is 0 Å². The van der Waals surface area contributed by atoms with E-state index in [1.807, 2.05) is 46.5 Å². The number of benzene rings is 2. The average molecular weight is 414 g/mol. The molecule has 0 spiro atoms. The first-order valence-electron chi connectivity index (χ1n) is 9.37. The van der Waals surface area contributed by atoms with E-state index in [-0.39, 0.29) is 17.6 Å². The summed E-state index contributed by atoms with van der Waals surface area (Å²) in [6.07, 6.45) is 1.68. The van der Waals surface area contributed by atoms with E-state index in [2.05, 4.69) is 0 Å². The summed E-state index contributed by atoms with van der Waals surface area (Å²) in [6.45, 7) is 3.80. The number of phenolic OH excluding ortho intramolecular Hbond substituents is 1. The molecule has 7 N–H and O–H groups in total. The summed E-state index contributed by atoms with van der Waals surface area (Å²) in [4.78, 5) is 2.82. The van der Waals surface area contributed by atoms with Gasteiger partial charge in [-0.2, -0.15) is 0 Å². The van der Waals surface area contributed by atoms with Crippen molar-refractivity contribution in [3.8, 4) is 5.75 Å². The van der Waals surface area contributed by atoms with Crippen molar-refractivity contribution >= 4 is 17.1 Å². The maximum Gasteiger partial charge on any atom is 0.174 e. The van der Waals surface area contributed by atoms with Gasteiger partial charge in [0, 0.05) is 24.4 Å². The highest BCUT2D eigenvalue weighted by Crippen LogP contribution is 2.26. The van der Waals surface area contributed by atoms with Crippen LogP contribution in [0.4, 0.5) is 0 Å². The number of rotatable bonds is 5. The van der Waals surface area contributed by atoms with Gasteiger partial charge in [0.1, 0.15) is 11.6 Å². The highest BCUT2D eigenvalue weighted by atomic mass is 32.2. The number of hydrogen-bond acceptors (Lipinski definition) is 7. The minimum Gasteiger partial charge on any atom is -0.593 e. The van der Waals surface area contributed by atoms with Crippen LogP contribution in [0.1, 0.15) is 12.5 Å². The predicted octanol–water partition coefficient (Wildman–Crippen LogP) is 1.51. The zero-order valence-corrected chi connectivity index (χ0v) is 17.2. The average Bonchev–Trinajstić information content (AvgIpc) is 2.72. The second kappa shape index (κ2) is 9.13. The lowest BCUT2D eigenvalue weighted by Gasteiger charge is -2.40. The first-order chi connectivity index (χ1) is 13.9. The highest BCUT2D eigenvalue weighted by molar-refractivity contribution is 7.89. The molecule has 0 bridgehead atoms. The number of para-hydroxylation sites is 1. The Bertz CT molecular complexity index is 899. The summed E-state index contributed by atoms with van der Waals surface area (Å²) in [6, 6.07) is 16.3. The summed E-state index contributed by atoms with van der Waals surface area (Å²) >= 11 is -1.23. The molecular weight excluding hydrogens is 386 g/mol. The molecule has 29 heavy (non-hydrogen) atoms. The fourth-order valence-electron chi connectivity index (χ4n) is 3.38. The molecule has 2 atom stereocenters. The van der Waals surface area contributed by atoms with Crippen LogP contribution in [0.5, 0.6) is 5.75 Å². The van der Waals surface area contributed by atoms with Gasteiger partial charge in [-0.1, -0.05) is 30.3 Å². The SMILES string of the molecule is CC1CN(C(/C=C(\N)c2ccccc2O)=C(N)N)CCN1[S+]([O-])c1ccccc1. The minimum atomic E-state index is -1.23. The smallest absolute Gasteiger partial charge is 0.174 e. The largest absolute Gasteiger partial charge is 0.593 e. The molecule has 2 aromatic carbocycles. The fraction of sp³-hybridized carbons (Fsp3) is 0.238. The number of aromatic hydroxyl groups is 1. The van der Waals surface area contributed by atoms with Crippen molar-refractivity contribution in [2.75, 3.05) is 19.6 Å². The van der Waals surface area contributed by atoms with Crippen molar-refractivity contribution in [1.29, 1.82) is 0 Å². The Balaban J connectivity index is 1.77. The van der Waals surface area contributed by atoms with Crippen molar-refractivity contribution in [2.45, 2.75) is 17.9 Å². The van der Waals surface area contributed by atoms with E-state index >= 15 is 0 Å². The number of nitrogens with zero attached hydrogens (tertiary/aromatic N) is 2. The normalized spacial score (nSPS) is 19.0. The Hall–Kier alpha value is -2.81. The molecule has 0 saturated carbocycles. The van der Waals surface area contributed by atoms with Crippen LogP contribution in [0.2, 0.25) is 0 Å². The van der Waals surface area contributed by atoms with Gasteiger partial charge < -0.3 is 31.8 Å². The lowest BCUT2D eigenvalue weighted by Crippen LogP contribution is -2.53. The van der Waals surface area contributed by atoms with Crippen LogP contribution in [-0.4, -0.2) is 44.5 Å². The standard InChI is InChI=1S/C21H27N5O2S/c1-15-14-25(11-12-26(15)29(28)16-7-3-2-4-8-16)19(21(23)24)13-18(22)17-9-5-6-10-20(17)27/h2-10,13,15,27H,11-12,14,22-24H2,1H3/b18-13-. The van der Waals surface area contributed by atoms with Crippen LogP contribution >= 0.6 is 0 Å². The maximum absolute atomic E-state index is 12.9. The van der Waals surface area contributed by atoms with Gasteiger partial charge in [0.05, 0.1) is 29.6 Å².